The van der Waals surface area contributed by atoms with E-state index in [2.05, 4.69) is 4.98 Å². The molecule has 1 fully saturated rings. The average molecular weight is 442 g/mol. The molecule has 0 saturated carbocycles. The number of aromatic nitrogens is 1. The van der Waals surface area contributed by atoms with Crippen molar-refractivity contribution in [2.24, 2.45) is 0 Å². The SMILES string of the molecule is Cc1cc(-c2c(OCC3CCCO3)c3cc(C(=O)O)c(Cl)cc3[nH]c2=O)cc(C)c1C. The molecule has 0 aliphatic carbocycles. The molecular formula is C24H24ClNO5. The van der Waals surface area contributed by atoms with E-state index < -0.39 is 5.97 Å². The van der Waals surface area contributed by atoms with Crippen LogP contribution in [0.3, 0.4) is 0 Å². The Morgan fingerprint density at radius 1 is 1.23 bits per heavy atom. The van der Waals surface area contributed by atoms with Gasteiger partial charge in [-0.15, -0.1) is 0 Å². The maximum absolute atomic E-state index is 13.2. The van der Waals surface area contributed by atoms with E-state index in [-0.39, 0.29) is 28.9 Å². The van der Waals surface area contributed by atoms with Crippen molar-refractivity contribution in [3.05, 3.63) is 61.9 Å². The molecule has 3 aromatic rings. The molecule has 1 saturated heterocycles. The van der Waals surface area contributed by atoms with Gasteiger partial charge in [0.2, 0.25) is 0 Å². The van der Waals surface area contributed by atoms with Crippen LogP contribution >= 0.6 is 11.6 Å². The smallest absolute Gasteiger partial charge is 0.337 e. The van der Waals surface area contributed by atoms with Crippen molar-refractivity contribution in [1.29, 1.82) is 0 Å². The van der Waals surface area contributed by atoms with Gasteiger partial charge in [0.05, 0.1) is 27.8 Å². The van der Waals surface area contributed by atoms with Crippen LogP contribution in [0.2, 0.25) is 5.02 Å². The van der Waals surface area contributed by atoms with Crippen molar-refractivity contribution in [1.82, 2.24) is 4.98 Å². The van der Waals surface area contributed by atoms with Crippen LogP contribution in [-0.2, 0) is 4.74 Å². The normalized spacial score (nSPS) is 16.1. The lowest BCUT2D eigenvalue weighted by atomic mass is 9.95. The lowest BCUT2D eigenvalue weighted by molar-refractivity contribution is 0.0684. The predicted octanol–water partition coefficient (Wildman–Crippen LogP) is 5.03. The number of pyridine rings is 1. The fraction of sp³-hybridized carbons (Fsp3) is 0.333. The molecule has 4 rings (SSSR count). The van der Waals surface area contributed by atoms with Crippen LogP contribution in [0.5, 0.6) is 5.75 Å². The quantitative estimate of drug-likeness (QED) is 0.579. The van der Waals surface area contributed by atoms with E-state index in [1.807, 2.05) is 32.9 Å². The van der Waals surface area contributed by atoms with Crippen molar-refractivity contribution >= 4 is 28.5 Å². The van der Waals surface area contributed by atoms with Crippen molar-refractivity contribution in [3.63, 3.8) is 0 Å². The number of aryl methyl sites for hydroxylation is 2. The number of H-pyrrole nitrogens is 1. The Kier molecular flexibility index (Phi) is 5.77. The zero-order valence-electron chi connectivity index (χ0n) is 17.7. The Bertz CT molecular complexity index is 1220. The van der Waals surface area contributed by atoms with E-state index >= 15 is 0 Å². The summed E-state index contributed by atoms with van der Waals surface area (Å²) in [7, 11) is 0. The molecule has 1 unspecified atom stereocenters. The maximum Gasteiger partial charge on any atom is 0.337 e. The third-order valence-electron chi connectivity index (χ3n) is 5.94. The molecule has 162 valence electrons. The van der Waals surface area contributed by atoms with Gasteiger partial charge in [-0.1, -0.05) is 23.7 Å². The van der Waals surface area contributed by atoms with Crippen LogP contribution in [0.25, 0.3) is 22.0 Å². The van der Waals surface area contributed by atoms with Gasteiger partial charge in [-0.3, -0.25) is 4.79 Å². The topological polar surface area (TPSA) is 88.6 Å². The van der Waals surface area contributed by atoms with E-state index in [1.165, 1.54) is 12.1 Å². The standard InChI is InChI=1S/C24H24ClNO5/c1-12-7-15(8-13(2)14(12)3)21-22(31-11-16-5-4-6-30-16)18-9-17(24(28)29)19(25)10-20(18)26-23(21)27/h7-10,16H,4-6,11H2,1-3H3,(H,26,27)(H,28,29). The molecule has 0 spiro atoms. The molecular weight excluding hydrogens is 418 g/mol. The molecule has 2 heterocycles. The molecule has 2 N–H and O–H groups in total. The van der Waals surface area contributed by atoms with E-state index in [0.717, 1.165) is 35.1 Å². The number of fused-ring (bicyclic) bond motifs is 1. The molecule has 0 amide bonds. The highest BCUT2D eigenvalue weighted by atomic mass is 35.5. The Morgan fingerprint density at radius 3 is 2.55 bits per heavy atom. The number of nitrogens with one attached hydrogen (secondary N) is 1. The molecule has 6 nitrogen and oxygen atoms in total. The van der Waals surface area contributed by atoms with Gasteiger partial charge in [0.15, 0.2) is 0 Å². The fourth-order valence-electron chi connectivity index (χ4n) is 4.00. The first-order chi connectivity index (χ1) is 14.8. The fourth-order valence-corrected chi connectivity index (χ4v) is 4.24. The second-order valence-electron chi connectivity index (χ2n) is 8.02. The van der Waals surface area contributed by atoms with Crippen LogP contribution < -0.4 is 10.3 Å². The number of carboxylic acids is 1. The van der Waals surface area contributed by atoms with Gasteiger partial charge in [0, 0.05) is 12.0 Å². The average Bonchev–Trinajstić information content (AvgIpc) is 3.22. The van der Waals surface area contributed by atoms with Crippen LogP contribution in [0.4, 0.5) is 0 Å². The number of rotatable bonds is 5. The maximum atomic E-state index is 13.2. The summed E-state index contributed by atoms with van der Waals surface area (Å²) >= 11 is 6.14. The molecule has 2 aromatic carbocycles. The predicted molar refractivity (Wildman–Crippen MR) is 121 cm³/mol. The number of aromatic carboxylic acids is 1. The lowest BCUT2D eigenvalue weighted by Gasteiger charge is -2.18. The molecule has 1 aromatic heterocycles. The number of hydrogen-bond acceptors (Lipinski definition) is 4. The second kappa shape index (κ2) is 8.36. The van der Waals surface area contributed by atoms with Gasteiger partial charge in [-0.2, -0.15) is 0 Å². The summed E-state index contributed by atoms with van der Waals surface area (Å²) in [5.74, 6) is -0.803. The Labute approximate surface area is 184 Å². The van der Waals surface area contributed by atoms with Crippen molar-refractivity contribution in [2.75, 3.05) is 13.2 Å². The van der Waals surface area contributed by atoms with Crippen LogP contribution in [-0.4, -0.2) is 35.4 Å². The molecule has 1 aliphatic rings. The highest BCUT2D eigenvalue weighted by Crippen LogP contribution is 2.37. The number of aromatic amines is 1. The minimum atomic E-state index is -1.15. The van der Waals surface area contributed by atoms with Crippen LogP contribution in [0, 0.1) is 20.8 Å². The van der Waals surface area contributed by atoms with Gasteiger partial charge in [-0.05, 0) is 68.0 Å². The summed E-state index contributed by atoms with van der Waals surface area (Å²) in [5, 5.41) is 10.1. The Balaban J connectivity index is 1.97. The number of carbonyl (C=O) groups is 1. The lowest BCUT2D eigenvalue weighted by Crippen LogP contribution is -2.19. The van der Waals surface area contributed by atoms with Crippen LogP contribution in [0.1, 0.15) is 39.9 Å². The van der Waals surface area contributed by atoms with Gasteiger partial charge < -0.3 is 19.6 Å². The molecule has 31 heavy (non-hydrogen) atoms. The number of hydrogen-bond donors (Lipinski definition) is 2. The highest BCUT2D eigenvalue weighted by Gasteiger charge is 2.23. The number of halogens is 1. The number of carboxylic acid groups (broad SMARTS) is 1. The minimum absolute atomic E-state index is 0.0506. The summed E-state index contributed by atoms with van der Waals surface area (Å²) in [6.45, 7) is 6.99. The molecule has 0 radical (unpaired) electrons. The summed E-state index contributed by atoms with van der Waals surface area (Å²) in [4.78, 5) is 27.7. The van der Waals surface area contributed by atoms with Gasteiger partial charge >= 0.3 is 5.97 Å². The number of benzene rings is 2. The Hall–Kier alpha value is -2.83. The van der Waals surface area contributed by atoms with Gasteiger partial charge in [0.25, 0.3) is 5.56 Å². The third-order valence-corrected chi connectivity index (χ3v) is 6.25. The van der Waals surface area contributed by atoms with E-state index in [9.17, 15) is 14.7 Å². The van der Waals surface area contributed by atoms with Crippen LogP contribution in [0.15, 0.2) is 29.1 Å². The van der Waals surface area contributed by atoms with E-state index in [4.69, 9.17) is 21.1 Å². The van der Waals surface area contributed by atoms with Gasteiger partial charge in [0.1, 0.15) is 12.4 Å². The molecule has 1 aliphatic heterocycles. The first-order valence-electron chi connectivity index (χ1n) is 10.2. The van der Waals surface area contributed by atoms with E-state index in [0.29, 0.717) is 28.8 Å². The molecule has 0 bridgehead atoms. The molecule has 1 atom stereocenters. The first-order valence-corrected chi connectivity index (χ1v) is 10.6. The van der Waals surface area contributed by atoms with Crippen molar-refractivity contribution < 1.29 is 19.4 Å². The largest absolute Gasteiger partial charge is 0.489 e. The van der Waals surface area contributed by atoms with E-state index in [1.54, 1.807) is 0 Å². The summed E-state index contributed by atoms with van der Waals surface area (Å²) < 4.78 is 11.8. The zero-order chi connectivity index (χ0) is 22.3. The van der Waals surface area contributed by atoms with Crippen molar-refractivity contribution in [2.45, 2.75) is 39.7 Å². The monoisotopic (exact) mass is 441 g/mol. The molecule has 7 heteroatoms. The van der Waals surface area contributed by atoms with Gasteiger partial charge in [-0.25, -0.2) is 4.79 Å². The highest BCUT2D eigenvalue weighted by molar-refractivity contribution is 6.34. The third kappa shape index (κ3) is 4.05. The minimum Gasteiger partial charge on any atom is -0.489 e. The summed E-state index contributed by atoms with van der Waals surface area (Å²) in [6.07, 6.45) is 1.78. The first kappa shape index (κ1) is 21.4. The number of ether oxygens (including phenoxy) is 2. The summed E-state index contributed by atoms with van der Waals surface area (Å²) in [5.41, 5.74) is 4.41. The Morgan fingerprint density at radius 2 is 1.94 bits per heavy atom. The zero-order valence-corrected chi connectivity index (χ0v) is 18.4. The van der Waals surface area contributed by atoms with Crippen molar-refractivity contribution in [3.8, 4) is 16.9 Å². The second-order valence-corrected chi connectivity index (χ2v) is 8.43. The summed E-state index contributed by atoms with van der Waals surface area (Å²) in [6, 6.07) is 6.81.